The third-order valence-corrected chi connectivity index (χ3v) is 4.53. The second-order valence-electron chi connectivity index (χ2n) is 6.03. The Hall–Kier alpha value is -2.61. The summed E-state index contributed by atoms with van der Waals surface area (Å²) >= 11 is 0. The number of cyclic esters (lactones) is 1. The highest BCUT2D eigenvalue weighted by molar-refractivity contribution is 5.90. The number of hydrogen-bond acceptors (Lipinski definition) is 7. The van der Waals surface area contributed by atoms with Crippen molar-refractivity contribution in [2.45, 2.75) is 30.5 Å². The van der Waals surface area contributed by atoms with Gasteiger partial charge < -0.3 is 19.5 Å². The fraction of sp³-hybridized carbons (Fsp3) is 0.471. The number of rotatable bonds is 5. The number of nitrogens with one attached hydrogen (secondary N) is 2. The molecule has 2 fully saturated rings. The lowest BCUT2D eigenvalue weighted by molar-refractivity contribution is -0.154. The minimum atomic E-state index is -1.22. The molecule has 8 heteroatoms. The molecule has 1 amide bonds. The fourth-order valence-electron chi connectivity index (χ4n) is 3.33. The zero-order valence-electron chi connectivity index (χ0n) is 13.8. The molecule has 2 heterocycles. The number of alkyl carbamates (subject to hydrolysis) is 1. The van der Waals surface area contributed by atoms with Crippen LogP contribution in [0.15, 0.2) is 30.3 Å². The molecule has 2 N–H and O–H groups in total. The van der Waals surface area contributed by atoms with Gasteiger partial charge in [-0.3, -0.25) is 5.32 Å². The van der Waals surface area contributed by atoms with Crippen molar-refractivity contribution >= 4 is 18.0 Å². The van der Waals surface area contributed by atoms with Crippen molar-refractivity contribution in [3.8, 4) is 0 Å². The molecule has 1 aromatic rings. The van der Waals surface area contributed by atoms with Crippen LogP contribution in [-0.2, 0) is 19.0 Å². The van der Waals surface area contributed by atoms with Crippen LogP contribution in [0.3, 0.4) is 0 Å². The highest BCUT2D eigenvalue weighted by Gasteiger charge is 2.55. The molecule has 0 aromatic heterocycles. The van der Waals surface area contributed by atoms with Gasteiger partial charge in [0, 0.05) is 0 Å². The SMILES string of the molecule is COC(=O)[C@]1([C@@H](OC(=O)c2ccccc2)C2COC(=O)N2)CCCN1. The molecule has 0 saturated carbocycles. The lowest BCUT2D eigenvalue weighted by Gasteiger charge is -2.36. The zero-order valence-corrected chi connectivity index (χ0v) is 13.8. The Morgan fingerprint density at radius 3 is 2.64 bits per heavy atom. The maximum Gasteiger partial charge on any atom is 0.407 e. The van der Waals surface area contributed by atoms with Gasteiger partial charge >= 0.3 is 18.0 Å². The maximum absolute atomic E-state index is 12.5. The van der Waals surface area contributed by atoms with E-state index >= 15 is 0 Å². The number of benzene rings is 1. The van der Waals surface area contributed by atoms with Gasteiger partial charge in [0.2, 0.25) is 0 Å². The molecule has 0 aliphatic carbocycles. The van der Waals surface area contributed by atoms with Crippen molar-refractivity contribution in [3.63, 3.8) is 0 Å². The second-order valence-corrected chi connectivity index (χ2v) is 6.03. The van der Waals surface area contributed by atoms with Crippen molar-refractivity contribution in [1.82, 2.24) is 10.6 Å². The Morgan fingerprint density at radius 2 is 2.08 bits per heavy atom. The van der Waals surface area contributed by atoms with Gasteiger partial charge in [0.1, 0.15) is 12.6 Å². The Bertz CT molecular complexity index is 656. The summed E-state index contributed by atoms with van der Waals surface area (Å²) in [7, 11) is 1.28. The van der Waals surface area contributed by atoms with Gasteiger partial charge in [0.25, 0.3) is 0 Å². The number of carbonyl (C=O) groups is 3. The average Bonchev–Trinajstić information content (AvgIpc) is 3.29. The summed E-state index contributed by atoms with van der Waals surface area (Å²) in [5.41, 5.74) is -0.860. The molecule has 2 saturated heterocycles. The van der Waals surface area contributed by atoms with E-state index in [4.69, 9.17) is 14.2 Å². The molecule has 134 valence electrons. The number of amides is 1. The van der Waals surface area contributed by atoms with E-state index in [-0.39, 0.29) is 6.61 Å². The van der Waals surface area contributed by atoms with Crippen LogP contribution in [0.25, 0.3) is 0 Å². The van der Waals surface area contributed by atoms with Crippen molar-refractivity contribution < 1.29 is 28.6 Å². The number of ether oxygens (including phenoxy) is 3. The lowest BCUT2D eigenvalue weighted by atomic mass is 9.86. The van der Waals surface area contributed by atoms with E-state index in [1.807, 2.05) is 0 Å². The van der Waals surface area contributed by atoms with Gasteiger partial charge in [-0.1, -0.05) is 18.2 Å². The van der Waals surface area contributed by atoms with Crippen LogP contribution in [0.1, 0.15) is 23.2 Å². The van der Waals surface area contributed by atoms with Gasteiger partial charge in [-0.2, -0.15) is 0 Å². The smallest absolute Gasteiger partial charge is 0.407 e. The lowest BCUT2D eigenvalue weighted by Crippen LogP contribution is -2.64. The van der Waals surface area contributed by atoms with Crippen LogP contribution in [0.2, 0.25) is 0 Å². The van der Waals surface area contributed by atoms with E-state index in [9.17, 15) is 14.4 Å². The zero-order chi connectivity index (χ0) is 17.9. The predicted molar refractivity (Wildman–Crippen MR) is 85.9 cm³/mol. The van der Waals surface area contributed by atoms with Gasteiger partial charge in [-0.15, -0.1) is 0 Å². The number of esters is 2. The first-order valence-electron chi connectivity index (χ1n) is 8.09. The summed E-state index contributed by atoms with van der Waals surface area (Å²) in [5.74, 6) is -1.11. The molecule has 0 spiro atoms. The molecule has 8 nitrogen and oxygen atoms in total. The third kappa shape index (κ3) is 3.30. The molecule has 2 aliphatic rings. The summed E-state index contributed by atoms with van der Waals surface area (Å²) in [6.07, 6.45) is -0.417. The number of hydrogen-bond donors (Lipinski definition) is 2. The monoisotopic (exact) mass is 348 g/mol. The standard InChI is InChI=1S/C17H20N2O6/c1-23-15(21)17(8-5-9-18-17)13(12-10-24-16(22)19-12)25-14(20)11-6-3-2-4-7-11/h2-4,6-7,12-13,18H,5,8-10H2,1H3,(H,19,22)/t12?,13-,17+/m0/s1. The van der Waals surface area contributed by atoms with Crippen molar-refractivity contribution in [2.75, 3.05) is 20.3 Å². The van der Waals surface area contributed by atoms with Crippen LogP contribution in [0, 0.1) is 0 Å². The molecule has 0 bridgehead atoms. The largest absolute Gasteiger partial charge is 0.468 e. The summed E-state index contributed by atoms with van der Waals surface area (Å²) in [6.45, 7) is 0.585. The topological polar surface area (TPSA) is 103 Å². The van der Waals surface area contributed by atoms with E-state index in [0.717, 1.165) is 6.42 Å². The van der Waals surface area contributed by atoms with Crippen LogP contribution in [0.5, 0.6) is 0 Å². The minimum absolute atomic E-state index is 0.00595. The summed E-state index contributed by atoms with van der Waals surface area (Å²) in [4.78, 5) is 36.5. The van der Waals surface area contributed by atoms with Crippen LogP contribution < -0.4 is 10.6 Å². The predicted octanol–water partition coefficient (Wildman–Crippen LogP) is 0.616. The quantitative estimate of drug-likeness (QED) is 0.594. The average molecular weight is 348 g/mol. The van der Waals surface area contributed by atoms with E-state index in [1.165, 1.54) is 7.11 Å². The highest BCUT2D eigenvalue weighted by Crippen LogP contribution is 2.31. The third-order valence-electron chi connectivity index (χ3n) is 4.53. The van der Waals surface area contributed by atoms with Gasteiger partial charge in [-0.25, -0.2) is 14.4 Å². The van der Waals surface area contributed by atoms with Crippen LogP contribution >= 0.6 is 0 Å². The molecule has 0 radical (unpaired) electrons. The minimum Gasteiger partial charge on any atom is -0.468 e. The van der Waals surface area contributed by atoms with Gasteiger partial charge in [-0.05, 0) is 31.5 Å². The van der Waals surface area contributed by atoms with E-state index in [0.29, 0.717) is 18.5 Å². The molecule has 1 aromatic carbocycles. The molecule has 2 aliphatic heterocycles. The Labute approximate surface area is 144 Å². The summed E-state index contributed by atoms with van der Waals surface area (Å²) in [5, 5.41) is 5.72. The van der Waals surface area contributed by atoms with Gasteiger partial charge in [0.05, 0.1) is 12.7 Å². The first kappa shape index (κ1) is 17.2. The van der Waals surface area contributed by atoms with Crippen LogP contribution in [-0.4, -0.2) is 56.0 Å². The highest BCUT2D eigenvalue weighted by atomic mass is 16.6. The number of carbonyl (C=O) groups excluding carboxylic acids is 3. The second kappa shape index (κ2) is 7.10. The summed E-state index contributed by atoms with van der Waals surface area (Å²) in [6, 6.07) is 7.82. The molecule has 3 rings (SSSR count). The Balaban J connectivity index is 1.90. The van der Waals surface area contributed by atoms with E-state index in [1.54, 1.807) is 30.3 Å². The normalized spacial score (nSPS) is 26.4. The maximum atomic E-state index is 12.5. The first-order valence-corrected chi connectivity index (χ1v) is 8.09. The van der Waals surface area contributed by atoms with Crippen molar-refractivity contribution in [3.05, 3.63) is 35.9 Å². The fourth-order valence-corrected chi connectivity index (χ4v) is 3.33. The van der Waals surface area contributed by atoms with Crippen molar-refractivity contribution in [2.24, 2.45) is 0 Å². The molecular weight excluding hydrogens is 328 g/mol. The Kier molecular flexibility index (Phi) is 4.89. The molecule has 25 heavy (non-hydrogen) atoms. The van der Waals surface area contributed by atoms with Crippen LogP contribution in [0.4, 0.5) is 4.79 Å². The Morgan fingerprint density at radius 1 is 1.32 bits per heavy atom. The molecule has 3 atom stereocenters. The summed E-state index contributed by atoms with van der Waals surface area (Å²) < 4.78 is 15.6. The van der Waals surface area contributed by atoms with E-state index < -0.39 is 35.7 Å². The van der Waals surface area contributed by atoms with Gasteiger partial charge in [0.15, 0.2) is 11.6 Å². The molecule has 1 unspecified atom stereocenters. The number of methoxy groups -OCH3 is 1. The first-order chi connectivity index (χ1) is 12.1. The van der Waals surface area contributed by atoms with E-state index in [2.05, 4.69) is 10.6 Å². The molecular formula is C17H20N2O6. The van der Waals surface area contributed by atoms with Crippen molar-refractivity contribution in [1.29, 1.82) is 0 Å².